The van der Waals surface area contributed by atoms with Crippen LogP contribution in [0.1, 0.15) is 18.9 Å². The van der Waals surface area contributed by atoms with Crippen molar-refractivity contribution in [1.29, 1.82) is 0 Å². The van der Waals surface area contributed by atoms with Crippen molar-refractivity contribution in [3.05, 3.63) is 65.2 Å². The van der Waals surface area contributed by atoms with Crippen LogP contribution in [-0.2, 0) is 6.67 Å². The van der Waals surface area contributed by atoms with Crippen LogP contribution in [0, 0.1) is 10.7 Å². The molecule has 4 rings (SSSR count). The van der Waals surface area contributed by atoms with Crippen LogP contribution in [0.2, 0.25) is 0 Å². The quantitative estimate of drug-likeness (QED) is 0.618. The molecule has 1 fully saturated rings. The van der Waals surface area contributed by atoms with Crippen molar-refractivity contribution in [2.75, 3.05) is 31.1 Å². The maximum atomic E-state index is 13.8. The molecule has 0 bridgehead atoms. The van der Waals surface area contributed by atoms with Crippen LogP contribution in [0.3, 0.4) is 0 Å². The zero-order valence-electron chi connectivity index (χ0n) is 16.2. The summed E-state index contributed by atoms with van der Waals surface area (Å²) < 4.78 is 26.7. The first-order valence-electron chi connectivity index (χ1n) is 9.64. The monoisotopic (exact) mass is 417 g/mol. The van der Waals surface area contributed by atoms with E-state index in [1.54, 1.807) is 29.8 Å². The molecule has 7 nitrogen and oxygen atoms in total. The van der Waals surface area contributed by atoms with Crippen LogP contribution in [0.5, 0.6) is 5.75 Å². The van der Waals surface area contributed by atoms with E-state index in [1.165, 1.54) is 11.0 Å². The van der Waals surface area contributed by atoms with Gasteiger partial charge in [-0.3, -0.25) is 4.90 Å². The van der Waals surface area contributed by atoms with E-state index in [2.05, 4.69) is 21.0 Å². The summed E-state index contributed by atoms with van der Waals surface area (Å²) in [6.07, 6.45) is 1.39. The molecule has 0 radical (unpaired) electrons. The van der Waals surface area contributed by atoms with Gasteiger partial charge < -0.3 is 14.1 Å². The van der Waals surface area contributed by atoms with E-state index in [-0.39, 0.29) is 5.75 Å². The third-order valence-electron chi connectivity index (χ3n) is 4.99. The Bertz CT molecular complexity index is 1000. The number of halogens is 1. The first-order valence-corrected chi connectivity index (χ1v) is 10.1. The molecule has 0 saturated carbocycles. The number of H-pyrrole nitrogens is 1. The molecule has 0 aliphatic carbocycles. The minimum absolute atomic E-state index is 0.162. The number of rotatable bonds is 6. The molecule has 2 N–H and O–H groups in total. The zero-order chi connectivity index (χ0) is 20.2. The van der Waals surface area contributed by atoms with Crippen LogP contribution in [-0.4, -0.2) is 36.0 Å². The van der Waals surface area contributed by atoms with Gasteiger partial charge in [0, 0.05) is 6.07 Å². The van der Waals surface area contributed by atoms with Crippen LogP contribution >= 0.6 is 12.2 Å². The van der Waals surface area contributed by atoms with Crippen molar-refractivity contribution < 1.29 is 23.4 Å². The predicted octanol–water partition coefficient (Wildman–Crippen LogP) is 1.66. The number of benzene rings is 1. The number of nitrogens with one attached hydrogen (secondary N) is 2. The third kappa shape index (κ3) is 4.63. The highest BCUT2D eigenvalue weighted by atomic mass is 32.1. The summed E-state index contributed by atoms with van der Waals surface area (Å²) in [5.41, 5.74) is 0. The van der Waals surface area contributed by atoms with Gasteiger partial charge in [-0.1, -0.05) is 18.2 Å². The maximum Gasteiger partial charge on any atom is 0.292 e. The Morgan fingerprint density at radius 1 is 1.24 bits per heavy atom. The number of aromatic amines is 1. The zero-order valence-corrected chi connectivity index (χ0v) is 17.0. The second-order valence-electron chi connectivity index (χ2n) is 7.04. The third-order valence-corrected chi connectivity index (χ3v) is 5.28. The summed E-state index contributed by atoms with van der Waals surface area (Å²) in [7, 11) is 0. The minimum atomic E-state index is -0.546. The summed E-state index contributed by atoms with van der Waals surface area (Å²) >= 11 is 5.33. The van der Waals surface area contributed by atoms with E-state index in [9.17, 15) is 4.39 Å². The number of para-hydroxylation sites is 1. The number of hydrogen-bond acceptors (Lipinski definition) is 5. The number of quaternary nitrogens is 1. The SMILES string of the molecule is C[C@@H](Oc1ccccc1F)c1nn(C[NH+]2CCN(c3cccc[nH+]3)CC2)c(=S)o1. The van der Waals surface area contributed by atoms with Gasteiger partial charge in [-0.25, -0.2) is 9.37 Å². The first kappa shape index (κ1) is 19.5. The molecule has 0 amide bonds. The van der Waals surface area contributed by atoms with E-state index in [1.807, 2.05) is 18.3 Å². The molecule has 152 valence electrons. The van der Waals surface area contributed by atoms with Crippen molar-refractivity contribution in [2.45, 2.75) is 19.7 Å². The van der Waals surface area contributed by atoms with E-state index < -0.39 is 11.9 Å². The molecule has 2 aromatic heterocycles. The molecule has 29 heavy (non-hydrogen) atoms. The molecule has 9 heteroatoms. The van der Waals surface area contributed by atoms with Gasteiger partial charge in [0.05, 0.1) is 6.20 Å². The standard InChI is InChI=1S/C20H22FN5O2S/c1-15(27-17-7-3-2-6-16(17)21)19-23-26(20(29)28-19)14-24-10-12-25(13-11-24)18-8-4-5-9-22-18/h2-9,15H,10-14H2,1H3/p+2/t15-/m1/s1. The van der Waals surface area contributed by atoms with Gasteiger partial charge in [0.2, 0.25) is 0 Å². The summed E-state index contributed by atoms with van der Waals surface area (Å²) in [5, 5.41) is 4.46. The van der Waals surface area contributed by atoms with E-state index in [0.29, 0.717) is 17.4 Å². The normalized spacial score (nSPS) is 16.0. The Hall–Kier alpha value is -2.78. The Balaban J connectivity index is 1.36. The lowest BCUT2D eigenvalue weighted by molar-refractivity contribution is -0.924. The Morgan fingerprint density at radius 3 is 2.72 bits per heavy atom. The van der Waals surface area contributed by atoms with Crippen molar-refractivity contribution in [1.82, 2.24) is 9.78 Å². The molecule has 1 saturated heterocycles. The van der Waals surface area contributed by atoms with Gasteiger partial charge in [0.25, 0.3) is 16.5 Å². The van der Waals surface area contributed by atoms with Gasteiger partial charge in [0.1, 0.15) is 26.2 Å². The molecule has 1 atom stereocenters. The lowest BCUT2D eigenvalue weighted by Crippen LogP contribution is -3.14. The molecule has 0 spiro atoms. The average Bonchev–Trinajstić information content (AvgIpc) is 3.11. The number of pyridine rings is 1. The molecule has 1 aliphatic heterocycles. The molecule has 0 unspecified atom stereocenters. The first-order chi connectivity index (χ1) is 14.1. The highest BCUT2D eigenvalue weighted by Gasteiger charge is 2.27. The van der Waals surface area contributed by atoms with E-state index in [4.69, 9.17) is 21.4 Å². The molecular weight excluding hydrogens is 393 g/mol. The molecule has 3 aromatic rings. The second kappa shape index (κ2) is 8.71. The van der Waals surface area contributed by atoms with Crippen LogP contribution < -0.4 is 19.5 Å². The summed E-state index contributed by atoms with van der Waals surface area (Å²) in [6.45, 7) is 6.21. The molecule has 3 heterocycles. The van der Waals surface area contributed by atoms with Crippen molar-refractivity contribution in [2.24, 2.45) is 0 Å². The fourth-order valence-electron chi connectivity index (χ4n) is 3.38. The Kier molecular flexibility index (Phi) is 5.86. The lowest BCUT2D eigenvalue weighted by Gasteiger charge is -2.27. The topological polar surface area (TPSA) is 62.0 Å². The van der Waals surface area contributed by atoms with E-state index >= 15 is 0 Å². The van der Waals surface area contributed by atoms with Gasteiger partial charge >= 0.3 is 0 Å². The Labute approximate surface area is 173 Å². The number of aromatic nitrogens is 3. The highest BCUT2D eigenvalue weighted by Crippen LogP contribution is 2.23. The van der Waals surface area contributed by atoms with Crippen molar-refractivity contribution in [3.63, 3.8) is 0 Å². The number of ether oxygens (including phenoxy) is 1. The average molecular weight is 418 g/mol. The maximum absolute atomic E-state index is 13.8. The molecule has 1 aliphatic rings. The van der Waals surface area contributed by atoms with Crippen LogP contribution in [0.15, 0.2) is 53.1 Å². The van der Waals surface area contributed by atoms with Crippen molar-refractivity contribution in [3.8, 4) is 5.75 Å². The van der Waals surface area contributed by atoms with Gasteiger partial charge in [0.15, 0.2) is 24.3 Å². The second-order valence-corrected chi connectivity index (χ2v) is 7.39. The summed E-state index contributed by atoms with van der Waals surface area (Å²) in [4.78, 5) is 7.29. The number of nitrogens with zero attached hydrogens (tertiary/aromatic N) is 3. The number of anilines is 1. The molecule has 1 aromatic carbocycles. The predicted molar refractivity (Wildman–Crippen MR) is 107 cm³/mol. The van der Waals surface area contributed by atoms with Gasteiger partial charge in [-0.15, -0.1) is 5.10 Å². The number of piperazine rings is 1. The van der Waals surface area contributed by atoms with Gasteiger partial charge in [-0.2, -0.15) is 4.68 Å². The smallest absolute Gasteiger partial charge is 0.292 e. The molecular formula is C20H24FN5O2S+2. The number of hydrogen-bond donors (Lipinski definition) is 1. The summed E-state index contributed by atoms with van der Waals surface area (Å²) in [5.74, 6) is 1.21. The van der Waals surface area contributed by atoms with Crippen LogP contribution in [0.4, 0.5) is 10.2 Å². The van der Waals surface area contributed by atoms with Crippen molar-refractivity contribution >= 4 is 18.0 Å². The van der Waals surface area contributed by atoms with Gasteiger partial charge in [-0.05, 0) is 37.3 Å². The lowest BCUT2D eigenvalue weighted by atomic mass is 10.3. The highest BCUT2D eigenvalue weighted by molar-refractivity contribution is 7.71. The fraction of sp³-hybridized carbons (Fsp3) is 0.350. The van der Waals surface area contributed by atoms with Crippen LogP contribution in [0.25, 0.3) is 0 Å². The van der Waals surface area contributed by atoms with E-state index in [0.717, 1.165) is 32.0 Å². The summed E-state index contributed by atoms with van der Waals surface area (Å²) in [6, 6.07) is 12.4. The minimum Gasteiger partial charge on any atom is -0.478 e. The largest absolute Gasteiger partial charge is 0.478 e. The Morgan fingerprint density at radius 2 is 2.00 bits per heavy atom. The fourth-order valence-corrected chi connectivity index (χ4v) is 3.57.